The summed E-state index contributed by atoms with van der Waals surface area (Å²) in [7, 11) is 0. The van der Waals surface area contributed by atoms with Crippen LogP contribution >= 0.6 is 0 Å². The summed E-state index contributed by atoms with van der Waals surface area (Å²) in [6.07, 6.45) is 1.82. The molecule has 0 atom stereocenters. The van der Waals surface area contributed by atoms with Crippen LogP contribution in [0.2, 0.25) is 0 Å². The second kappa shape index (κ2) is 4.79. The summed E-state index contributed by atoms with van der Waals surface area (Å²) < 4.78 is 0. The highest BCUT2D eigenvalue weighted by Crippen LogP contribution is 2.22. The van der Waals surface area contributed by atoms with E-state index < -0.39 is 0 Å². The predicted molar refractivity (Wildman–Crippen MR) is 72.0 cm³/mol. The number of Topliss-reactive ketones (excluding diaryl/α,β-unsaturated/α-hetero) is 1. The third-order valence-electron chi connectivity index (χ3n) is 2.72. The van der Waals surface area contributed by atoms with Crippen LogP contribution in [-0.2, 0) is 0 Å². The Hall–Kier alpha value is -2.15. The molecule has 0 aliphatic carbocycles. The maximum Gasteiger partial charge on any atom is 0.159 e. The van der Waals surface area contributed by atoms with Gasteiger partial charge >= 0.3 is 0 Å². The van der Waals surface area contributed by atoms with E-state index in [1.807, 2.05) is 48.5 Å². The van der Waals surface area contributed by atoms with Gasteiger partial charge in [0.05, 0.1) is 0 Å². The zero-order chi connectivity index (χ0) is 12.3. The molecule has 0 aliphatic heterocycles. The first-order chi connectivity index (χ1) is 8.20. The van der Waals surface area contributed by atoms with E-state index in [0.717, 1.165) is 22.3 Å². The van der Waals surface area contributed by atoms with Crippen molar-refractivity contribution in [3.63, 3.8) is 0 Å². The van der Waals surface area contributed by atoms with Crippen molar-refractivity contribution in [2.24, 2.45) is 0 Å². The molecule has 0 saturated heterocycles. The molecule has 2 aromatic carbocycles. The van der Waals surface area contributed by atoms with Crippen LogP contribution in [0.3, 0.4) is 0 Å². The molecule has 2 aromatic rings. The molecule has 0 spiro atoms. The topological polar surface area (TPSA) is 17.1 Å². The summed E-state index contributed by atoms with van der Waals surface area (Å²) in [5.41, 5.74) is 3.98. The van der Waals surface area contributed by atoms with Crippen LogP contribution in [0.15, 0.2) is 55.1 Å². The Morgan fingerprint density at radius 1 is 1.06 bits per heavy atom. The van der Waals surface area contributed by atoms with Crippen molar-refractivity contribution in [3.8, 4) is 11.1 Å². The fourth-order valence-corrected chi connectivity index (χ4v) is 1.76. The lowest BCUT2D eigenvalue weighted by Gasteiger charge is -2.04. The number of hydrogen-bond donors (Lipinski definition) is 0. The first-order valence-corrected chi connectivity index (χ1v) is 5.54. The smallest absolute Gasteiger partial charge is 0.159 e. The second-order valence-corrected chi connectivity index (χ2v) is 3.97. The molecule has 1 heteroatoms. The van der Waals surface area contributed by atoms with Crippen LogP contribution in [0.25, 0.3) is 17.2 Å². The molecular formula is C16H14O. The van der Waals surface area contributed by atoms with Crippen LogP contribution in [0.5, 0.6) is 0 Å². The Morgan fingerprint density at radius 2 is 1.71 bits per heavy atom. The van der Waals surface area contributed by atoms with Crippen molar-refractivity contribution in [2.75, 3.05) is 0 Å². The monoisotopic (exact) mass is 222 g/mol. The van der Waals surface area contributed by atoms with E-state index in [2.05, 4.69) is 12.6 Å². The van der Waals surface area contributed by atoms with E-state index in [4.69, 9.17) is 0 Å². The molecule has 0 aromatic heterocycles. The quantitative estimate of drug-likeness (QED) is 0.711. The fourth-order valence-electron chi connectivity index (χ4n) is 1.76. The number of carbonyl (C=O) groups is 1. The molecule has 0 aliphatic rings. The number of rotatable bonds is 3. The zero-order valence-electron chi connectivity index (χ0n) is 9.81. The van der Waals surface area contributed by atoms with Crippen LogP contribution in [0.1, 0.15) is 22.8 Å². The lowest BCUT2D eigenvalue weighted by molar-refractivity contribution is 0.101. The Morgan fingerprint density at radius 3 is 2.35 bits per heavy atom. The van der Waals surface area contributed by atoms with Gasteiger partial charge in [-0.05, 0) is 35.7 Å². The lowest BCUT2D eigenvalue weighted by atomic mass is 10.00. The van der Waals surface area contributed by atoms with Crippen LogP contribution in [-0.4, -0.2) is 5.78 Å². The summed E-state index contributed by atoms with van der Waals surface area (Å²) in [6.45, 7) is 5.34. The van der Waals surface area contributed by atoms with Crippen molar-refractivity contribution < 1.29 is 4.79 Å². The number of ketones is 1. The summed E-state index contributed by atoms with van der Waals surface area (Å²) in [5.74, 6) is 0.0896. The van der Waals surface area contributed by atoms with Crippen molar-refractivity contribution in [1.82, 2.24) is 0 Å². The van der Waals surface area contributed by atoms with Gasteiger partial charge in [0.15, 0.2) is 5.78 Å². The summed E-state index contributed by atoms with van der Waals surface area (Å²) in [5, 5.41) is 0. The van der Waals surface area contributed by atoms with Crippen molar-refractivity contribution >= 4 is 11.9 Å². The van der Waals surface area contributed by atoms with Gasteiger partial charge in [0.2, 0.25) is 0 Å². The van der Waals surface area contributed by atoms with Crippen LogP contribution in [0, 0.1) is 0 Å². The van der Waals surface area contributed by atoms with Gasteiger partial charge in [0, 0.05) is 5.56 Å². The highest BCUT2D eigenvalue weighted by atomic mass is 16.1. The Kier molecular flexibility index (Phi) is 3.20. The van der Waals surface area contributed by atoms with Gasteiger partial charge in [-0.25, -0.2) is 0 Å². The number of hydrogen-bond acceptors (Lipinski definition) is 1. The molecule has 0 heterocycles. The van der Waals surface area contributed by atoms with Crippen molar-refractivity contribution in [2.45, 2.75) is 6.92 Å². The van der Waals surface area contributed by atoms with Gasteiger partial charge in [0.25, 0.3) is 0 Å². The predicted octanol–water partition coefficient (Wildman–Crippen LogP) is 4.20. The SMILES string of the molecule is C=Cc1cccc(-c2cccc(C(C)=O)c2)c1. The maximum absolute atomic E-state index is 11.3. The minimum atomic E-state index is 0.0896. The van der Waals surface area contributed by atoms with E-state index in [1.54, 1.807) is 6.92 Å². The molecule has 0 radical (unpaired) electrons. The van der Waals surface area contributed by atoms with Crippen LogP contribution in [0.4, 0.5) is 0 Å². The molecular weight excluding hydrogens is 208 g/mol. The molecule has 0 amide bonds. The van der Waals surface area contributed by atoms with E-state index in [9.17, 15) is 4.79 Å². The third-order valence-corrected chi connectivity index (χ3v) is 2.72. The maximum atomic E-state index is 11.3. The Balaban J connectivity index is 2.48. The highest BCUT2D eigenvalue weighted by molar-refractivity contribution is 5.95. The average molecular weight is 222 g/mol. The molecule has 84 valence electrons. The molecule has 0 unspecified atom stereocenters. The number of carbonyl (C=O) groups excluding carboxylic acids is 1. The molecule has 0 N–H and O–H groups in total. The van der Waals surface area contributed by atoms with Gasteiger partial charge < -0.3 is 0 Å². The van der Waals surface area contributed by atoms with Gasteiger partial charge in [0.1, 0.15) is 0 Å². The molecule has 0 saturated carbocycles. The van der Waals surface area contributed by atoms with Gasteiger partial charge in [-0.2, -0.15) is 0 Å². The molecule has 2 rings (SSSR count). The molecule has 1 nitrogen and oxygen atoms in total. The standard InChI is InChI=1S/C16H14O/c1-3-13-6-4-8-15(10-13)16-9-5-7-14(11-16)12(2)17/h3-11H,1H2,2H3. The average Bonchev–Trinajstić information content (AvgIpc) is 2.39. The second-order valence-electron chi connectivity index (χ2n) is 3.97. The van der Waals surface area contributed by atoms with Gasteiger partial charge in [-0.1, -0.05) is 49.1 Å². The summed E-state index contributed by atoms with van der Waals surface area (Å²) in [4.78, 5) is 11.3. The normalized spacial score (nSPS) is 9.94. The Bertz CT molecular complexity index is 567. The van der Waals surface area contributed by atoms with Gasteiger partial charge in [-0.15, -0.1) is 0 Å². The molecule has 0 fully saturated rings. The first-order valence-electron chi connectivity index (χ1n) is 5.54. The van der Waals surface area contributed by atoms with E-state index in [0.29, 0.717) is 0 Å². The minimum absolute atomic E-state index is 0.0896. The first kappa shape index (κ1) is 11.3. The van der Waals surface area contributed by atoms with Gasteiger partial charge in [-0.3, -0.25) is 4.79 Å². The third kappa shape index (κ3) is 2.51. The zero-order valence-corrected chi connectivity index (χ0v) is 9.81. The van der Waals surface area contributed by atoms with E-state index in [-0.39, 0.29) is 5.78 Å². The largest absolute Gasteiger partial charge is 0.295 e. The highest BCUT2D eigenvalue weighted by Gasteiger charge is 2.02. The van der Waals surface area contributed by atoms with Crippen molar-refractivity contribution in [3.05, 3.63) is 66.2 Å². The molecule has 0 bridgehead atoms. The minimum Gasteiger partial charge on any atom is -0.295 e. The van der Waals surface area contributed by atoms with E-state index in [1.165, 1.54) is 0 Å². The Labute approximate surface area is 101 Å². The van der Waals surface area contributed by atoms with Crippen LogP contribution < -0.4 is 0 Å². The lowest BCUT2D eigenvalue weighted by Crippen LogP contribution is -1.91. The summed E-state index contributed by atoms with van der Waals surface area (Å²) in [6, 6.07) is 15.8. The number of benzene rings is 2. The fraction of sp³-hybridized carbons (Fsp3) is 0.0625. The van der Waals surface area contributed by atoms with E-state index >= 15 is 0 Å². The summed E-state index contributed by atoms with van der Waals surface area (Å²) >= 11 is 0. The van der Waals surface area contributed by atoms with Crippen molar-refractivity contribution in [1.29, 1.82) is 0 Å². The molecule has 17 heavy (non-hydrogen) atoms.